The average Bonchev–Trinajstić information content (AvgIpc) is 2.97. The van der Waals surface area contributed by atoms with Crippen molar-refractivity contribution in [3.05, 3.63) is 22.8 Å². The molecule has 0 atom stereocenters. The van der Waals surface area contributed by atoms with E-state index in [2.05, 4.69) is 22.1 Å². The first-order valence-electron chi connectivity index (χ1n) is 7.42. The lowest BCUT2D eigenvalue weighted by atomic mass is 9.86. The summed E-state index contributed by atoms with van der Waals surface area (Å²) in [6.07, 6.45) is 5.66. The maximum atomic E-state index is 11.6. The van der Waals surface area contributed by atoms with Gasteiger partial charge in [0.1, 0.15) is 11.3 Å². The summed E-state index contributed by atoms with van der Waals surface area (Å²) in [6, 6.07) is 4.30. The van der Waals surface area contributed by atoms with Gasteiger partial charge in [0.05, 0.1) is 26.2 Å². The zero-order valence-corrected chi connectivity index (χ0v) is 14.3. The normalized spacial score (nSPS) is 21.8. The van der Waals surface area contributed by atoms with Crippen molar-refractivity contribution in [3.8, 4) is 5.75 Å². The SMILES string of the molecule is COc1cc(Br)cc2cn([C@H]3CC[C@H](C(=O)OC)CC3)nc12. The standard InChI is InChI=1S/C16H19BrN2O3/c1-21-14-8-12(17)7-11-9-19(18-15(11)14)13-5-3-10(4-6-13)16(20)22-2/h7-10,13H,3-6H2,1-2H3/t10-,13-. The number of aromatic nitrogens is 2. The quantitative estimate of drug-likeness (QED) is 0.776. The van der Waals surface area contributed by atoms with Crippen LogP contribution in [-0.2, 0) is 9.53 Å². The van der Waals surface area contributed by atoms with Crippen molar-refractivity contribution in [2.75, 3.05) is 14.2 Å². The smallest absolute Gasteiger partial charge is 0.308 e. The highest BCUT2D eigenvalue weighted by Crippen LogP contribution is 2.35. The van der Waals surface area contributed by atoms with Crippen LogP contribution < -0.4 is 4.74 Å². The number of benzene rings is 1. The molecule has 0 radical (unpaired) electrons. The van der Waals surface area contributed by atoms with Crippen molar-refractivity contribution in [2.45, 2.75) is 31.7 Å². The molecule has 2 aromatic rings. The number of carbonyl (C=O) groups excluding carboxylic acids is 1. The first-order chi connectivity index (χ1) is 10.6. The molecule has 5 nitrogen and oxygen atoms in total. The number of fused-ring (bicyclic) bond motifs is 1. The Hall–Kier alpha value is -1.56. The second-order valence-corrected chi connectivity index (χ2v) is 6.60. The van der Waals surface area contributed by atoms with Crippen LogP contribution in [0.5, 0.6) is 5.75 Å². The maximum absolute atomic E-state index is 11.6. The molecule has 0 spiro atoms. The second kappa shape index (κ2) is 6.28. The molecule has 22 heavy (non-hydrogen) atoms. The van der Waals surface area contributed by atoms with Crippen molar-refractivity contribution in [1.82, 2.24) is 9.78 Å². The molecule has 6 heteroatoms. The molecule has 0 N–H and O–H groups in total. The fourth-order valence-corrected chi connectivity index (χ4v) is 3.63. The van der Waals surface area contributed by atoms with Crippen LogP contribution in [0.2, 0.25) is 0 Å². The van der Waals surface area contributed by atoms with Gasteiger partial charge in [0.15, 0.2) is 0 Å². The zero-order valence-electron chi connectivity index (χ0n) is 12.7. The van der Waals surface area contributed by atoms with Gasteiger partial charge in [-0.25, -0.2) is 0 Å². The van der Waals surface area contributed by atoms with Gasteiger partial charge in [0.2, 0.25) is 0 Å². The Morgan fingerprint density at radius 1 is 1.27 bits per heavy atom. The van der Waals surface area contributed by atoms with Crippen molar-refractivity contribution in [3.63, 3.8) is 0 Å². The number of rotatable bonds is 3. The summed E-state index contributed by atoms with van der Waals surface area (Å²) < 4.78 is 13.2. The number of nitrogens with zero attached hydrogens (tertiary/aromatic N) is 2. The van der Waals surface area contributed by atoms with E-state index in [1.807, 2.05) is 16.8 Å². The molecule has 1 saturated carbocycles. The molecular formula is C16H19BrN2O3. The van der Waals surface area contributed by atoms with Crippen molar-refractivity contribution < 1.29 is 14.3 Å². The molecule has 0 bridgehead atoms. The number of ether oxygens (including phenoxy) is 2. The van der Waals surface area contributed by atoms with Crippen LogP contribution in [0.25, 0.3) is 10.9 Å². The summed E-state index contributed by atoms with van der Waals surface area (Å²) in [7, 11) is 3.11. The van der Waals surface area contributed by atoms with Crippen LogP contribution in [0.15, 0.2) is 22.8 Å². The third kappa shape index (κ3) is 2.84. The minimum atomic E-state index is -0.0883. The van der Waals surface area contributed by atoms with Crippen LogP contribution in [0.4, 0.5) is 0 Å². The first kappa shape index (κ1) is 15.3. The second-order valence-electron chi connectivity index (χ2n) is 5.68. The van der Waals surface area contributed by atoms with Crippen LogP contribution in [0.3, 0.4) is 0 Å². The van der Waals surface area contributed by atoms with E-state index < -0.39 is 0 Å². The molecule has 0 amide bonds. The Morgan fingerprint density at radius 3 is 2.64 bits per heavy atom. The minimum Gasteiger partial charge on any atom is -0.494 e. The van der Waals surface area contributed by atoms with E-state index in [1.54, 1.807) is 7.11 Å². The van der Waals surface area contributed by atoms with Crippen molar-refractivity contribution in [1.29, 1.82) is 0 Å². The number of esters is 1. The molecule has 0 saturated heterocycles. The summed E-state index contributed by atoms with van der Waals surface area (Å²) in [5.74, 6) is 0.718. The number of carbonyl (C=O) groups is 1. The number of hydrogen-bond acceptors (Lipinski definition) is 4. The minimum absolute atomic E-state index is 0.0370. The van der Waals surface area contributed by atoms with Gasteiger partial charge >= 0.3 is 5.97 Å². The van der Waals surface area contributed by atoms with Gasteiger partial charge in [-0.15, -0.1) is 0 Å². The monoisotopic (exact) mass is 366 g/mol. The van der Waals surface area contributed by atoms with E-state index in [-0.39, 0.29) is 11.9 Å². The van der Waals surface area contributed by atoms with Gasteiger partial charge < -0.3 is 9.47 Å². The third-order valence-electron chi connectivity index (χ3n) is 4.38. The topological polar surface area (TPSA) is 53.4 Å². The van der Waals surface area contributed by atoms with Gasteiger partial charge in [-0.05, 0) is 37.8 Å². The van der Waals surface area contributed by atoms with Gasteiger partial charge in [-0.2, -0.15) is 5.10 Å². The molecule has 1 aliphatic rings. The Morgan fingerprint density at radius 2 is 2.00 bits per heavy atom. The van der Waals surface area contributed by atoms with E-state index in [9.17, 15) is 4.79 Å². The molecule has 1 aromatic carbocycles. The van der Waals surface area contributed by atoms with E-state index >= 15 is 0 Å². The molecule has 118 valence electrons. The van der Waals surface area contributed by atoms with Crippen LogP contribution >= 0.6 is 15.9 Å². The zero-order chi connectivity index (χ0) is 15.7. The Labute approximate surface area is 137 Å². The molecule has 1 fully saturated rings. The van der Waals surface area contributed by atoms with Gasteiger partial charge in [0, 0.05) is 16.1 Å². The van der Waals surface area contributed by atoms with Crippen LogP contribution in [0, 0.1) is 5.92 Å². The lowest BCUT2D eigenvalue weighted by Gasteiger charge is -2.27. The van der Waals surface area contributed by atoms with E-state index in [1.165, 1.54) is 7.11 Å². The summed E-state index contributed by atoms with van der Waals surface area (Å²) in [6.45, 7) is 0. The first-order valence-corrected chi connectivity index (χ1v) is 8.22. The van der Waals surface area contributed by atoms with E-state index in [0.717, 1.165) is 46.8 Å². The number of hydrogen-bond donors (Lipinski definition) is 0. The Balaban J connectivity index is 1.82. The van der Waals surface area contributed by atoms with E-state index in [0.29, 0.717) is 6.04 Å². The maximum Gasteiger partial charge on any atom is 0.308 e. The fourth-order valence-electron chi connectivity index (χ4n) is 3.17. The summed E-state index contributed by atoms with van der Waals surface area (Å²) in [4.78, 5) is 11.6. The van der Waals surface area contributed by atoms with Gasteiger partial charge in [-0.3, -0.25) is 9.48 Å². The molecule has 1 aliphatic carbocycles. The summed E-state index contributed by atoms with van der Waals surface area (Å²) >= 11 is 3.49. The Bertz CT molecular complexity index is 690. The predicted octanol–water partition coefficient (Wildman–Crippen LogP) is 3.71. The van der Waals surface area contributed by atoms with E-state index in [4.69, 9.17) is 14.6 Å². The highest BCUT2D eigenvalue weighted by Gasteiger charge is 2.28. The molecule has 0 unspecified atom stereocenters. The fraction of sp³-hybridized carbons (Fsp3) is 0.500. The summed E-state index contributed by atoms with van der Waals surface area (Å²) in [5, 5.41) is 5.75. The lowest BCUT2D eigenvalue weighted by molar-refractivity contribution is -0.146. The molecular weight excluding hydrogens is 348 g/mol. The molecule has 1 heterocycles. The highest BCUT2D eigenvalue weighted by molar-refractivity contribution is 9.10. The predicted molar refractivity (Wildman–Crippen MR) is 87.0 cm³/mol. The molecule has 0 aliphatic heterocycles. The number of methoxy groups -OCH3 is 2. The average molecular weight is 367 g/mol. The van der Waals surface area contributed by atoms with Gasteiger partial charge in [0.25, 0.3) is 0 Å². The Kier molecular flexibility index (Phi) is 4.38. The largest absolute Gasteiger partial charge is 0.494 e. The summed E-state index contributed by atoms with van der Waals surface area (Å²) in [5.41, 5.74) is 0.876. The third-order valence-corrected chi connectivity index (χ3v) is 4.84. The lowest BCUT2D eigenvalue weighted by Crippen LogP contribution is -2.24. The number of halogens is 1. The van der Waals surface area contributed by atoms with Crippen molar-refractivity contribution >= 4 is 32.8 Å². The van der Waals surface area contributed by atoms with Gasteiger partial charge in [-0.1, -0.05) is 15.9 Å². The van der Waals surface area contributed by atoms with Crippen LogP contribution in [-0.4, -0.2) is 30.0 Å². The van der Waals surface area contributed by atoms with Crippen molar-refractivity contribution in [2.24, 2.45) is 5.92 Å². The highest BCUT2D eigenvalue weighted by atomic mass is 79.9. The van der Waals surface area contributed by atoms with Crippen LogP contribution in [0.1, 0.15) is 31.7 Å². The molecule has 3 rings (SSSR count). The molecule has 1 aromatic heterocycles.